The van der Waals surface area contributed by atoms with Gasteiger partial charge in [0.2, 0.25) is 0 Å². The molecule has 0 atom stereocenters. The van der Waals surface area contributed by atoms with Crippen LogP contribution >= 0.6 is 15.9 Å². The number of hydrogen-bond acceptors (Lipinski definition) is 5. The van der Waals surface area contributed by atoms with Crippen molar-refractivity contribution >= 4 is 32.9 Å². The molecule has 1 aromatic heterocycles. The second kappa shape index (κ2) is 8.22. The second-order valence-corrected chi connectivity index (χ2v) is 6.89. The topological polar surface area (TPSA) is 61.5 Å². The van der Waals surface area contributed by atoms with Crippen LogP contribution in [0.15, 0.2) is 76.8 Å². The van der Waals surface area contributed by atoms with E-state index < -0.39 is 0 Å². The predicted octanol–water partition coefficient (Wildman–Crippen LogP) is 4.66. The van der Waals surface area contributed by atoms with E-state index in [0.29, 0.717) is 18.1 Å². The van der Waals surface area contributed by atoms with Gasteiger partial charge in [0.05, 0.1) is 13.3 Å². The third kappa shape index (κ3) is 3.89. The zero-order valence-corrected chi connectivity index (χ0v) is 16.7. The number of methoxy groups -OCH3 is 1. The zero-order chi connectivity index (χ0) is 19.3. The van der Waals surface area contributed by atoms with Gasteiger partial charge in [0.25, 0.3) is 0 Å². The van der Waals surface area contributed by atoms with E-state index in [4.69, 9.17) is 9.47 Å². The Balaban J connectivity index is 1.58. The van der Waals surface area contributed by atoms with E-state index in [9.17, 15) is 0 Å². The van der Waals surface area contributed by atoms with Crippen LogP contribution in [0, 0.1) is 0 Å². The second-order valence-electron chi connectivity index (χ2n) is 6.04. The van der Waals surface area contributed by atoms with Crippen molar-refractivity contribution in [2.24, 2.45) is 5.10 Å². The third-order valence-corrected chi connectivity index (χ3v) is 4.97. The summed E-state index contributed by atoms with van der Waals surface area (Å²) in [7, 11) is 1.62. The molecule has 7 heteroatoms. The first-order chi connectivity index (χ1) is 13.7. The molecule has 0 saturated carbocycles. The maximum absolute atomic E-state index is 6.08. The molecule has 0 aliphatic heterocycles. The van der Waals surface area contributed by atoms with Gasteiger partial charge in [-0.25, -0.2) is 4.68 Å². The zero-order valence-electron chi connectivity index (χ0n) is 15.1. The highest BCUT2D eigenvalue weighted by Crippen LogP contribution is 2.34. The molecule has 3 aromatic carbocycles. The maximum Gasteiger partial charge on any atom is 0.162 e. The number of aromatic nitrogens is 3. The third-order valence-electron chi connectivity index (χ3n) is 4.28. The van der Waals surface area contributed by atoms with Gasteiger partial charge in [0, 0.05) is 10.0 Å². The van der Waals surface area contributed by atoms with Gasteiger partial charge in [-0.2, -0.15) is 5.10 Å². The fraction of sp³-hybridized carbons (Fsp3) is 0.0952. The molecule has 0 bridgehead atoms. The number of ether oxygens (including phenoxy) is 2. The Morgan fingerprint density at radius 1 is 1.04 bits per heavy atom. The molecule has 0 unspecified atom stereocenters. The van der Waals surface area contributed by atoms with Crippen LogP contribution in [0.5, 0.6) is 11.5 Å². The minimum absolute atomic E-state index is 0.443. The molecule has 4 rings (SSSR count). The van der Waals surface area contributed by atoms with Crippen LogP contribution in [-0.4, -0.2) is 28.2 Å². The Hall–Kier alpha value is -3.19. The average Bonchev–Trinajstić information content (AvgIpc) is 3.25. The summed E-state index contributed by atoms with van der Waals surface area (Å²) in [6.07, 6.45) is 4.73. The highest BCUT2D eigenvalue weighted by atomic mass is 79.9. The molecule has 4 aromatic rings. The largest absolute Gasteiger partial charge is 0.493 e. The summed E-state index contributed by atoms with van der Waals surface area (Å²) in [5.74, 6) is 1.29. The maximum atomic E-state index is 6.08. The lowest BCUT2D eigenvalue weighted by molar-refractivity contribution is 0.285. The van der Waals surface area contributed by atoms with E-state index in [-0.39, 0.29) is 0 Å². The van der Waals surface area contributed by atoms with Crippen LogP contribution in [0.1, 0.15) is 11.1 Å². The minimum Gasteiger partial charge on any atom is -0.493 e. The fourth-order valence-electron chi connectivity index (χ4n) is 2.88. The average molecular weight is 437 g/mol. The summed E-state index contributed by atoms with van der Waals surface area (Å²) in [5, 5.41) is 14.1. The van der Waals surface area contributed by atoms with Crippen LogP contribution in [0.3, 0.4) is 0 Å². The standard InChI is InChI=1S/C21H17BrN4O2/c1-27-20-9-17(11-25-26-13-23-24-14-26)19(22)10-21(20)28-12-16-7-4-6-15-5-2-3-8-18(15)16/h2-11,13-14H,12H2,1H3/b25-11-. The molecule has 28 heavy (non-hydrogen) atoms. The van der Waals surface area contributed by atoms with Gasteiger partial charge in [0.1, 0.15) is 19.3 Å². The van der Waals surface area contributed by atoms with Crippen molar-refractivity contribution in [2.75, 3.05) is 7.11 Å². The molecular formula is C21H17BrN4O2. The molecule has 140 valence electrons. The van der Waals surface area contributed by atoms with Crippen LogP contribution in [0.25, 0.3) is 10.8 Å². The van der Waals surface area contributed by atoms with Crippen molar-refractivity contribution in [3.05, 3.63) is 82.9 Å². The van der Waals surface area contributed by atoms with Gasteiger partial charge >= 0.3 is 0 Å². The predicted molar refractivity (Wildman–Crippen MR) is 112 cm³/mol. The number of benzene rings is 3. The smallest absolute Gasteiger partial charge is 0.162 e. The van der Waals surface area contributed by atoms with Crippen LogP contribution in [0.4, 0.5) is 0 Å². The fourth-order valence-corrected chi connectivity index (χ4v) is 3.30. The summed E-state index contributed by atoms with van der Waals surface area (Å²) < 4.78 is 14.0. The summed E-state index contributed by atoms with van der Waals surface area (Å²) in [6.45, 7) is 0.443. The molecular weight excluding hydrogens is 420 g/mol. The highest BCUT2D eigenvalue weighted by Gasteiger charge is 2.11. The molecule has 0 radical (unpaired) electrons. The van der Waals surface area contributed by atoms with E-state index in [2.05, 4.69) is 55.5 Å². The van der Waals surface area contributed by atoms with Gasteiger partial charge in [-0.1, -0.05) is 42.5 Å². The van der Waals surface area contributed by atoms with E-state index in [1.165, 1.54) is 28.1 Å². The SMILES string of the molecule is COc1cc(/C=N\n2cnnc2)c(Br)cc1OCc1cccc2ccccc12. The molecule has 0 aliphatic carbocycles. The van der Waals surface area contributed by atoms with E-state index >= 15 is 0 Å². The molecule has 0 aliphatic rings. The first kappa shape index (κ1) is 18.2. The van der Waals surface area contributed by atoms with Crippen molar-refractivity contribution in [3.8, 4) is 11.5 Å². The summed E-state index contributed by atoms with van der Waals surface area (Å²) in [4.78, 5) is 0. The lowest BCUT2D eigenvalue weighted by atomic mass is 10.1. The number of nitrogens with zero attached hydrogens (tertiary/aromatic N) is 4. The van der Waals surface area contributed by atoms with Gasteiger partial charge in [-0.3, -0.25) is 0 Å². The Bertz CT molecular complexity index is 1120. The molecule has 0 spiro atoms. The molecule has 0 N–H and O–H groups in total. The lowest BCUT2D eigenvalue weighted by Gasteiger charge is -2.14. The van der Waals surface area contributed by atoms with E-state index in [1.807, 2.05) is 30.3 Å². The Morgan fingerprint density at radius 2 is 1.82 bits per heavy atom. The first-order valence-corrected chi connectivity index (χ1v) is 9.40. The number of rotatable bonds is 6. The summed E-state index contributed by atoms with van der Waals surface area (Å²) >= 11 is 3.57. The van der Waals surface area contributed by atoms with Crippen molar-refractivity contribution in [3.63, 3.8) is 0 Å². The normalized spacial score (nSPS) is 11.2. The van der Waals surface area contributed by atoms with Crippen molar-refractivity contribution in [2.45, 2.75) is 6.61 Å². The Labute approximate surface area is 170 Å². The highest BCUT2D eigenvalue weighted by molar-refractivity contribution is 9.10. The Kier molecular flexibility index (Phi) is 5.34. The van der Waals surface area contributed by atoms with Gasteiger partial charge in [0.15, 0.2) is 11.5 Å². The van der Waals surface area contributed by atoms with Crippen LogP contribution in [0.2, 0.25) is 0 Å². The number of fused-ring (bicyclic) bond motifs is 1. The van der Waals surface area contributed by atoms with Crippen LogP contribution < -0.4 is 9.47 Å². The minimum atomic E-state index is 0.443. The molecule has 0 amide bonds. The van der Waals surface area contributed by atoms with Crippen molar-refractivity contribution in [1.82, 2.24) is 14.9 Å². The number of hydrogen-bond donors (Lipinski definition) is 0. The monoisotopic (exact) mass is 436 g/mol. The van der Waals surface area contributed by atoms with E-state index in [1.54, 1.807) is 13.3 Å². The first-order valence-electron chi connectivity index (χ1n) is 8.60. The lowest BCUT2D eigenvalue weighted by Crippen LogP contribution is -2.00. The van der Waals surface area contributed by atoms with Crippen molar-refractivity contribution < 1.29 is 9.47 Å². The molecule has 0 saturated heterocycles. The summed E-state index contributed by atoms with van der Waals surface area (Å²) in [6, 6.07) is 18.2. The van der Waals surface area contributed by atoms with Crippen molar-refractivity contribution in [1.29, 1.82) is 0 Å². The number of halogens is 1. The Morgan fingerprint density at radius 3 is 2.64 bits per heavy atom. The molecule has 1 heterocycles. The summed E-state index contributed by atoms with van der Waals surface area (Å²) in [5.41, 5.74) is 1.97. The van der Waals surface area contributed by atoms with Crippen LogP contribution in [-0.2, 0) is 6.61 Å². The van der Waals surface area contributed by atoms with E-state index in [0.717, 1.165) is 15.6 Å². The molecule has 0 fully saturated rings. The molecule has 6 nitrogen and oxygen atoms in total. The van der Waals surface area contributed by atoms with Gasteiger partial charge in [-0.15, -0.1) is 10.2 Å². The van der Waals surface area contributed by atoms with Gasteiger partial charge in [-0.05, 0) is 44.4 Å². The quantitative estimate of drug-likeness (QED) is 0.412. The van der Waals surface area contributed by atoms with Gasteiger partial charge < -0.3 is 9.47 Å².